The van der Waals surface area contributed by atoms with E-state index in [-0.39, 0.29) is 4.90 Å². The van der Waals surface area contributed by atoms with Gasteiger partial charge in [-0.1, -0.05) is 19.1 Å². The van der Waals surface area contributed by atoms with Gasteiger partial charge in [-0.25, -0.2) is 13.2 Å². The largest absolute Gasteiger partial charge is 0.493 e. The molecule has 7 nitrogen and oxygen atoms in total. The molecule has 0 aliphatic heterocycles. The molecule has 0 radical (unpaired) electrons. The quantitative estimate of drug-likeness (QED) is 0.533. The van der Waals surface area contributed by atoms with Crippen molar-refractivity contribution in [1.82, 2.24) is 0 Å². The maximum absolute atomic E-state index is 12.9. The zero-order chi connectivity index (χ0) is 20.7. The molecule has 0 heterocycles. The second-order valence-electron chi connectivity index (χ2n) is 5.72. The van der Waals surface area contributed by atoms with Crippen LogP contribution in [-0.4, -0.2) is 35.7 Å². The van der Waals surface area contributed by atoms with Gasteiger partial charge in [-0.2, -0.15) is 0 Å². The van der Waals surface area contributed by atoms with Crippen LogP contribution in [0.15, 0.2) is 58.5 Å². The molecule has 0 atom stereocenters. The Morgan fingerprint density at radius 1 is 1.00 bits per heavy atom. The van der Waals surface area contributed by atoms with E-state index in [1.165, 1.54) is 26.4 Å². The summed E-state index contributed by atoms with van der Waals surface area (Å²) >= 11 is 0. The van der Waals surface area contributed by atoms with Crippen LogP contribution in [0.25, 0.3) is 0 Å². The Bertz CT molecular complexity index is 965. The average Bonchev–Trinajstić information content (AvgIpc) is 2.73. The molecule has 0 unspecified atom stereocenters. The van der Waals surface area contributed by atoms with Gasteiger partial charge in [0.05, 0.1) is 26.2 Å². The molecule has 2 aromatic rings. The zero-order valence-corrected chi connectivity index (χ0v) is 17.0. The highest BCUT2D eigenvalue weighted by Gasteiger charge is 2.28. The van der Waals surface area contributed by atoms with E-state index in [1.807, 2.05) is 6.92 Å². The number of ether oxygens (including phenoxy) is 3. The Morgan fingerprint density at radius 2 is 1.64 bits per heavy atom. The maximum atomic E-state index is 12.9. The summed E-state index contributed by atoms with van der Waals surface area (Å²) in [6.45, 7) is 1.97. The molecule has 0 aliphatic carbocycles. The Labute approximate surface area is 164 Å². The van der Waals surface area contributed by atoms with Crippen molar-refractivity contribution < 1.29 is 27.4 Å². The molecule has 0 bridgehead atoms. The van der Waals surface area contributed by atoms with Gasteiger partial charge in [-0.15, -0.1) is 0 Å². The summed E-state index contributed by atoms with van der Waals surface area (Å²) in [6, 6.07) is 11.3. The highest BCUT2D eigenvalue weighted by Crippen LogP contribution is 2.30. The summed E-state index contributed by atoms with van der Waals surface area (Å²) in [5.74, 6) is 0.0138. The number of rotatable bonds is 8. The second kappa shape index (κ2) is 9.27. The molecule has 0 fully saturated rings. The van der Waals surface area contributed by atoms with E-state index < -0.39 is 20.7 Å². The first-order valence-electron chi connectivity index (χ1n) is 8.48. The van der Waals surface area contributed by atoms with Crippen LogP contribution < -0.4 is 14.8 Å². The minimum atomic E-state index is -4.07. The predicted molar refractivity (Wildman–Crippen MR) is 106 cm³/mol. The van der Waals surface area contributed by atoms with E-state index in [9.17, 15) is 13.2 Å². The lowest BCUT2D eigenvalue weighted by molar-refractivity contribution is -0.135. The van der Waals surface area contributed by atoms with Crippen molar-refractivity contribution in [2.75, 3.05) is 26.6 Å². The smallest absolute Gasteiger partial charge is 0.351 e. The summed E-state index contributed by atoms with van der Waals surface area (Å²) in [6.07, 6.45) is 1.89. The van der Waals surface area contributed by atoms with Crippen molar-refractivity contribution in [1.29, 1.82) is 0 Å². The van der Waals surface area contributed by atoms with Crippen LogP contribution in [0.4, 0.5) is 5.69 Å². The molecule has 2 aromatic carbocycles. The molecule has 0 saturated heterocycles. The molecule has 150 valence electrons. The SMILES string of the molecule is CCc1ccc(S(=O)(=O)/C(=C/Nc2ccc(OC)c(OC)c2)C(=O)OC)cc1. The monoisotopic (exact) mass is 405 g/mol. The van der Waals surface area contributed by atoms with Crippen molar-refractivity contribution in [2.45, 2.75) is 18.2 Å². The van der Waals surface area contributed by atoms with Crippen LogP contribution in [0.2, 0.25) is 0 Å². The minimum Gasteiger partial charge on any atom is -0.493 e. The normalized spacial score (nSPS) is 11.6. The third-order valence-corrected chi connectivity index (χ3v) is 5.83. The fourth-order valence-electron chi connectivity index (χ4n) is 2.45. The number of nitrogens with one attached hydrogen (secondary N) is 1. The van der Waals surface area contributed by atoms with Crippen LogP contribution in [0.5, 0.6) is 11.5 Å². The van der Waals surface area contributed by atoms with E-state index in [4.69, 9.17) is 9.47 Å². The van der Waals surface area contributed by atoms with E-state index in [2.05, 4.69) is 10.1 Å². The van der Waals surface area contributed by atoms with Gasteiger partial charge in [0.15, 0.2) is 16.4 Å². The van der Waals surface area contributed by atoms with Crippen molar-refractivity contribution in [3.8, 4) is 11.5 Å². The number of benzene rings is 2. The average molecular weight is 405 g/mol. The summed E-state index contributed by atoms with van der Waals surface area (Å²) in [7, 11) is 0.0577. The number of esters is 1. The lowest BCUT2D eigenvalue weighted by Crippen LogP contribution is -2.17. The molecule has 0 amide bonds. The molecule has 0 aliphatic rings. The van der Waals surface area contributed by atoms with Crippen LogP contribution in [-0.2, 0) is 25.8 Å². The minimum absolute atomic E-state index is 0.00969. The molecule has 0 saturated carbocycles. The van der Waals surface area contributed by atoms with E-state index in [1.54, 1.807) is 30.3 Å². The number of aryl methyl sites for hydroxylation is 1. The first-order chi connectivity index (χ1) is 13.4. The molecule has 0 aromatic heterocycles. The van der Waals surface area contributed by atoms with Gasteiger partial charge in [-0.3, -0.25) is 0 Å². The van der Waals surface area contributed by atoms with Crippen LogP contribution in [0.3, 0.4) is 0 Å². The summed E-state index contributed by atoms with van der Waals surface area (Å²) in [5, 5.41) is 2.81. The topological polar surface area (TPSA) is 90.9 Å². The van der Waals surface area contributed by atoms with Crippen molar-refractivity contribution in [3.63, 3.8) is 0 Å². The zero-order valence-electron chi connectivity index (χ0n) is 16.2. The number of methoxy groups -OCH3 is 3. The Morgan fingerprint density at radius 3 is 2.18 bits per heavy atom. The lowest BCUT2D eigenvalue weighted by Gasteiger charge is -2.11. The van der Waals surface area contributed by atoms with Gasteiger partial charge in [0.2, 0.25) is 9.84 Å². The number of anilines is 1. The molecular weight excluding hydrogens is 382 g/mol. The van der Waals surface area contributed by atoms with E-state index in [0.29, 0.717) is 17.2 Å². The summed E-state index contributed by atoms with van der Waals surface area (Å²) in [4.78, 5) is 11.6. The van der Waals surface area contributed by atoms with Crippen molar-refractivity contribution >= 4 is 21.5 Å². The molecule has 8 heteroatoms. The van der Waals surface area contributed by atoms with Gasteiger partial charge in [-0.05, 0) is 36.2 Å². The molecule has 0 spiro atoms. The van der Waals surface area contributed by atoms with E-state index >= 15 is 0 Å². The number of carbonyl (C=O) groups is 1. The molecule has 1 N–H and O–H groups in total. The summed E-state index contributed by atoms with van der Waals surface area (Å²) in [5.41, 5.74) is 1.50. The van der Waals surface area contributed by atoms with E-state index in [0.717, 1.165) is 25.3 Å². The third kappa shape index (κ3) is 4.64. The second-order valence-corrected chi connectivity index (χ2v) is 7.63. The van der Waals surface area contributed by atoms with Crippen LogP contribution in [0, 0.1) is 0 Å². The van der Waals surface area contributed by atoms with Gasteiger partial charge in [0, 0.05) is 18.0 Å². The fourth-order valence-corrected chi connectivity index (χ4v) is 3.72. The van der Waals surface area contributed by atoms with Gasteiger partial charge in [0.25, 0.3) is 0 Å². The van der Waals surface area contributed by atoms with Crippen LogP contribution >= 0.6 is 0 Å². The number of sulfone groups is 1. The van der Waals surface area contributed by atoms with Crippen molar-refractivity contribution in [3.05, 3.63) is 59.1 Å². The molecule has 28 heavy (non-hydrogen) atoms. The Balaban J connectivity index is 2.41. The van der Waals surface area contributed by atoms with Crippen LogP contribution in [0.1, 0.15) is 12.5 Å². The van der Waals surface area contributed by atoms with Gasteiger partial charge < -0.3 is 19.5 Å². The van der Waals surface area contributed by atoms with Gasteiger partial charge >= 0.3 is 5.97 Å². The number of hydrogen-bond acceptors (Lipinski definition) is 7. The maximum Gasteiger partial charge on any atom is 0.351 e. The Kier molecular flexibility index (Phi) is 7.06. The first kappa shape index (κ1) is 21.3. The highest BCUT2D eigenvalue weighted by molar-refractivity contribution is 7.96. The summed E-state index contributed by atoms with van der Waals surface area (Å²) < 4.78 is 40.9. The number of hydrogen-bond donors (Lipinski definition) is 1. The molecule has 2 rings (SSSR count). The predicted octanol–water partition coefficient (Wildman–Crippen LogP) is 3.17. The fraction of sp³-hybridized carbons (Fsp3) is 0.250. The Hall–Kier alpha value is -3.00. The standard InChI is InChI=1S/C20H23NO6S/c1-5-14-6-9-16(10-7-14)28(23,24)19(20(22)27-4)13-21-15-8-11-17(25-2)18(12-15)26-3/h6-13,21H,5H2,1-4H3/b19-13+. The first-order valence-corrected chi connectivity index (χ1v) is 9.96. The molecular formula is C20H23NO6S. The third-order valence-electron chi connectivity index (χ3n) is 4.07. The number of carbonyl (C=O) groups excluding carboxylic acids is 1. The highest BCUT2D eigenvalue weighted by atomic mass is 32.2. The van der Waals surface area contributed by atoms with Crippen molar-refractivity contribution in [2.24, 2.45) is 0 Å². The van der Waals surface area contributed by atoms with Gasteiger partial charge in [0.1, 0.15) is 0 Å². The lowest BCUT2D eigenvalue weighted by atomic mass is 10.2.